The van der Waals surface area contributed by atoms with Crippen LogP contribution in [0.5, 0.6) is 0 Å². The number of carbonyl (C=O) groups is 2. The lowest BCUT2D eigenvalue weighted by Crippen LogP contribution is -2.60. The Morgan fingerprint density at radius 3 is 2.19 bits per heavy atom. The van der Waals surface area contributed by atoms with Crippen LogP contribution in [-0.2, 0) is 18.8 Å². The van der Waals surface area contributed by atoms with Gasteiger partial charge in [-0.05, 0) is 18.1 Å². The van der Waals surface area contributed by atoms with Gasteiger partial charge in [0, 0.05) is 12.8 Å². The monoisotopic (exact) mass is 315 g/mol. The number of nitrogens with one attached hydrogen (secondary N) is 1. The van der Waals surface area contributed by atoms with Crippen LogP contribution in [0.25, 0.3) is 0 Å². The first kappa shape index (κ1) is 18.2. The van der Waals surface area contributed by atoms with Crippen molar-refractivity contribution in [1.82, 2.24) is 5.32 Å². The molecule has 0 aliphatic carbocycles. The van der Waals surface area contributed by atoms with Crippen molar-refractivity contribution in [3.63, 3.8) is 0 Å². The van der Waals surface area contributed by atoms with Gasteiger partial charge in [-0.25, -0.2) is 0 Å². The largest absolute Gasteiger partial charge is 0.441 e. The van der Waals surface area contributed by atoms with E-state index in [0.29, 0.717) is 0 Å². The maximum absolute atomic E-state index is 12.1. The number of amides is 1. The zero-order valence-electron chi connectivity index (χ0n) is 14.4. The molecule has 0 saturated carbocycles. The topological polar surface area (TPSA) is 64.6 Å². The maximum atomic E-state index is 12.1. The molecule has 1 amide bonds. The van der Waals surface area contributed by atoms with Crippen molar-refractivity contribution in [1.29, 1.82) is 0 Å². The molecular weight excluding hydrogens is 286 g/mol. The summed E-state index contributed by atoms with van der Waals surface area (Å²) in [5.41, 5.74) is 0. The third-order valence-corrected chi connectivity index (χ3v) is 9.19. The van der Waals surface area contributed by atoms with E-state index < -0.39 is 20.5 Å². The van der Waals surface area contributed by atoms with E-state index in [-0.39, 0.29) is 28.9 Å². The summed E-state index contributed by atoms with van der Waals surface area (Å²) in [6.45, 7) is 16.0. The fourth-order valence-corrected chi connectivity index (χ4v) is 3.67. The number of esters is 1. The molecule has 1 fully saturated rings. The minimum absolute atomic E-state index is 0.0668. The fourth-order valence-electron chi connectivity index (χ4n) is 2.22. The molecular formula is C15H29NO4Si. The molecule has 1 N–H and O–H groups in total. The van der Waals surface area contributed by atoms with E-state index in [9.17, 15) is 9.59 Å². The van der Waals surface area contributed by atoms with E-state index in [1.54, 1.807) is 0 Å². The summed E-state index contributed by atoms with van der Waals surface area (Å²) < 4.78 is 11.7. The average molecular weight is 315 g/mol. The fraction of sp³-hybridized carbons (Fsp3) is 0.867. The Morgan fingerprint density at radius 2 is 1.76 bits per heavy atom. The predicted octanol–water partition coefficient (Wildman–Crippen LogP) is 2.67. The van der Waals surface area contributed by atoms with E-state index in [1.807, 2.05) is 13.8 Å². The third-order valence-electron chi connectivity index (χ3n) is 4.72. The normalized spacial score (nSPS) is 30.8. The summed E-state index contributed by atoms with van der Waals surface area (Å²) >= 11 is 0. The Balaban J connectivity index is 2.96. The summed E-state index contributed by atoms with van der Waals surface area (Å²) in [6, 6.07) is 0. The Bertz CT molecular complexity index is 416. The van der Waals surface area contributed by atoms with Gasteiger partial charge in [-0.3, -0.25) is 9.59 Å². The van der Waals surface area contributed by atoms with Crippen LogP contribution >= 0.6 is 0 Å². The van der Waals surface area contributed by atoms with Gasteiger partial charge in [0.05, 0.1) is 12.0 Å². The minimum Gasteiger partial charge on any atom is -0.441 e. The second-order valence-corrected chi connectivity index (χ2v) is 12.3. The summed E-state index contributed by atoms with van der Waals surface area (Å²) in [6.07, 6.45) is -0.843. The average Bonchev–Trinajstić information content (AvgIpc) is 2.29. The molecule has 0 unspecified atom stereocenters. The van der Waals surface area contributed by atoms with E-state index in [2.05, 4.69) is 39.2 Å². The number of rotatable bonds is 3. The molecule has 0 aromatic rings. The number of piperidine rings is 1. The van der Waals surface area contributed by atoms with Crippen LogP contribution in [0.4, 0.5) is 0 Å². The maximum Gasteiger partial charge on any atom is 0.304 e. The van der Waals surface area contributed by atoms with E-state index >= 15 is 0 Å². The van der Waals surface area contributed by atoms with Gasteiger partial charge in [-0.2, -0.15) is 0 Å². The van der Waals surface area contributed by atoms with E-state index in [0.717, 1.165) is 0 Å². The van der Waals surface area contributed by atoms with Crippen molar-refractivity contribution in [2.24, 2.45) is 11.8 Å². The molecule has 0 radical (unpaired) electrons. The number of carbonyl (C=O) groups excluding carboxylic acids is 2. The first-order chi connectivity index (χ1) is 9.36. The summed E-state index contributed by atoms with van der Waals surface area (Å²) in [4.78, 5) is 23.3. The number of hydrogen-bond donors (Lipinski definition) is 1. The molecule has 1 aliphatic heterocycles. The molecule has 1 rings (SSSR count). The van der Waals surface area contributed by atoms with Crippen LogP contribution < -0.4 is 5.32 Å². The minimum atomic E-state index is -2.00. The second-order valence-electron chi connectivity index (χ2n) is 7.53. The van der Waals surface area contributed by atoms with Crippen LogP contribution in [0.3, 0.4) is 0 Å². The van der Waals surface area contributed by atoms with Crippen molar-refractivity contribution in [3.05, 3.63) is 0 Å². The smallest absolute Gasteiger partial charge is 0.304 e. The molecule has 122 valence electrons. The molecule has 5 nitrogen and oxygen atoms in total. The molecule has 21 heavy (non-hydrogen) atoms. The molecule has 4 atom stereocenters. The molecule has 0 spiro atoms. The van der Waals surface area contributed by atoms with Crippen LogP contribution in [0, 0.1) is 11.8 Å². The third kappa shape index (κ3) is 4.07. The summed E-state index contributed by atoms with van der Waals surface area (Å²) in [5, 5.41) is 2.82. The van der Waals surface area contributed by atoms with Gasteiger partial charge in [0.25, 0.3) is 0 Å². The van der Waals surface area contributed by atoms with Crippen LogP contribution in [0.1, 0.15) is 41.5 Å². The lowest BCUT2D eigenvalue weighted by molar-refractivity contribution is -0.163. The van der Waals surface area contributed by atoms with Gasteiger partial charge < -0.3 is 14.5 Å². The first-order valence-corrected chi connectivity index (χ1v) is 10.4. The zero-order valence-corrected chi connectivity index (χ0v) is 15.4. The predicted molar refractivity (Wildman–Crippen MR) is 84.1 cm³/mol. The van der Waals surface area contributed by atoms with Crippen molar-refractivity contribution >= 4 is 20.2 Å². The molecule has 0 aromatic heterocycles. The van der Waals surface area contributed by atoms with Gasteiger partial charge >= 0.3 is 5.97 Å². The van der Waals surface area contributed by atoms with Crippen molar-refractivity contribution < 1.29 is 18.8 Å². The molecule has 1 saturated heterocycles. The molecule has 1 aliphatic rings. The Labute approximate surface area is 128 Å². The van der Waals surface area contributed by atoms with Gasteiger partial charge in [0.2, 0.25) is 5.91 Å². The molecule has 6 heteroatoms. The Morgan fingerprint density at radius 1 is 1.24 bits per heavy atom. The highest BCUT2D eigenvalue weighted by Crippen LogP contribution is 2.40. The standard InChI is InChI=1S/C15H29NO4Si/c1-9-12(20-21(7,8)15(4,5)6)10(2)14(16-13(9)18)19-11(3)17/h9-10,12,14H,1-8H3,(H,16,18)/t9-,10-,12-,14-/m0/s1. The molecule has 0 bridgehead atoms. The highest BCUT2D eigenvalue weighted by Gasteiger charge is 2.47. The quantitative estimate of drug-likeness (QED) is 0.642. The lowest BCUT2D eigenvalue weighted by Gasteiger charge is -2.46. The van der Waals surface area contributed by atoms with E-state index in [1.165, 1.54) is 6.92 Å². The Kier molecular flexibility index (Phi) is 5.26. The number of ether oxygens (including phenoxy) is 1. The van der Waals surface area contributed by atoms with Crippen LogP contribution in [-0.4, -0.2) is 32.5 Å². The Hall–Kier alpha value is -0.883. The van der Waals surface area contributed by atoms with Gasteiger partial charge in [-0.1, -0.05) is 34.6 Å². The highest BCUT2D eigenvalue weighted by atomic mass is 28.4. The van der Waals surface area contributed by atoms with Gasteiger partial charge in [0.1, 0.15) is 0 Å². The van der Waals surface area contributed by atoms with Crippen LogP contribution in [0.2, 0.25) is 18.1 Å². The van der Waals surface area contributed by atoms with Crippen molar-refractivity contribution in [3.8, 4) is 0 Å². The summed E-state index contributed by atoms with van der Waals surface area (Å²) in [5.74, 6) is -0.840. The zero-order chi connectivity index (χ0) is 16.6. The highest BCUT2D eigenvalue weighted by molar-refractivity contribution is 6.74. The van der Waals surface area contributed by atoms with Crippen LogP contribution in [0.15, 0.2) is 0 Å². The van der Waals surface area contributed by atoms with Gasteiger partial charge in [-0.15, -0.1) is 0 Å². The SMILES string of the molecule is CC(=O)O[C@@H]1NC(=O)[C@@H](C)[C@H](O[Si](C)(C)C(C)(C)C)[C@@H]1C. The summed E-state index contributed by atoms with van der Waals surface area (Å²) in [7, 11) is -2.00. The molecule has 0 aromatic carbocycles. The first-order valence-electron chi connectivity index (χ1n) is 7.52. The van der Waals surface area contributed by atoms with E-state index in [4.69, 9.17) is 9.16 Å². The van der Waals surface area contributed by atoms with Gasteiger partial charge in [0.15, 0.2) is 14.5 Å². The lowest BCUT2D eigenvalue weighted by atomic mass is 9.87. The number of hydrogen-bond acceptors (Lipinski definition) is 4. The second kappa shape index (κ2) is 6.08. The van der Waals surface area contributed by atoms with Crippen molar-refractivity contribution in [2.45, 2.75) is 72.0 Å². The van der Waals surface area contributed by atoms with Crippen molar-refractivity contribution in [2.75, 3.05) is 0 Å². The molecule has 1 heterocycles.